The Labute approximate surface area is 177 Å². The molecule has 1 aromatic carbocycles. The Morgan fingerprint density at radius 2 is 0.893 bits per heavy atom. The molecule has 0 saturated carbocycles. The molecule has 0 atom stereocenters. The molecule has 0 aliphatic heterocycles. The van der Waals surface area contributed by atoms with E-state index in [1.54, 1.807) is 0 Å². The Morgan fingerprint density at radius 1 is 0.500 bits per heavy atom. The molecule has 1 aromatic rings. The molecule has 0 amide bonds. The zero-order valence-corrected chi connectivity index (χ0v) is 19.2. The predicted octanol–water partition coefficient (Wildman–Crippen LogP) is 9.85. The number of hydrogen-bond donors (Lipinski definition) is 0. The van der Waals surface area contributed by atoms with Crippen LogP contribution in [0, 0.1) is 6.07 Å². The fraction of sp³-hybridized carbons (Fsp3) is 0.786. The van der Waals surface area contributed by atoms with Crippen LogP contribution in [-0.4, -0.2) is 0 Å². The molecule has 0 unspecified atom stereocenters. The summed E-state index contributed by atoms with van der Waals surface area (Å²) >= 11 is 0. The average Bonchev–Trinajstić information content (AvgIpc) is 2.73. The molecule has 0 bridgehead atoms. The molecule has 0 spiro atoms. The van der Waals surface area contributed by atoms with Crippen molar-refractivity contribution in [3.63, 3.8) is 0 Å². The van der Waals surface area contributed by atoms with E-state index in [-0.39, 0.29) is 0 Å². The van der Waals surface area contributed by atoms with E-state index in [9.17, 15) is 0 Å². The van der Waals surface area contributed by atoms with E-state index in [4.69, 9.17) is 0 Å². The summed E-state index contributed by atoms with van der Waals surface area (Å²) in [6, 6.07) is 11.8. The molecular formula is C28H49. The highest BCUT2D eigenvalue weighted by atomic mass is 14.0. The van der Waals surface area contributed by atoms with Crippen molar-refractivity contribution in [2.24, 2.45) is 0 Å². The first-order valence-electron chi connectivity index (χ1n) is 12.9. The van der Waals surface area contributed by atoms with Crippen LogP contribution in [0.2, 0.25) is 0 Å². The van der Waals surface area contributed by atoms with E-state index in [1.165, 1.54) is 140 Å². The van der Waals surface area contributed by atoms with E-state index in [1.807, 2.05) is 6.07 Å². The first-order chi connectivity index (χ1) is 13.9. The second-order valence-electron chi connectivity index (χ2n) is 8.86. The summed E-state index contributed by atoms with van der Waals surface area (Å²) in [5.74, 6) is 0. The fourth-order valence-corrected chi connectivity index (χ4v) is 4.16. The molecule has 0 heterocycles. The summed E-state index contributed by atoms with van der Waals surface area (Å²) in [4.78, 5) is 0. The Bertz CT molecular complexity index is 394. The van der Waals surface area contributed by atoms with Crippen LogP contribution in [0.4, 0.5) is 0 Å². The van der Waals surface area contributed by atoms with Crippen molar-refractivity contribution in [1.29, 1.82) is 0 Å². The Balaban J connectivity index is 1.67. The molecule has 0 aliphatic carbocycles. The predicted molar refractivity (Wildman–Crippen MR) is 127 cm³/mol. The number of hydrogen-bond acceptors (Lipinski definition) is 0. The number of benzene rings is 1. The lowest BCUT2D eigenvalue weighted by Crippen LogP contribution is -1.86. The average molecular weight is 386 g/mol. The van der Waals surface area contributed by atoms with Gasteiger partial charge in [0, 0.05) is 0 Å². The number of rotatable bonds is 21. The monoisotopic (exact) mass is 385 g/mol. The molecule has 0 N–H and O–H groups in total. The third kappa shape index (κ3) is 17.3. The number of aryl methyl sites for hydroxylation is 1. The summed E-state index contributed by atoms with van der Waals surface area (Å²) in [6.07, 6.45) is 30.2. The molecule has 0 aromatic heterocycles. The van der Waals surface area contributed by atoms with E-state index >= 15 is 0 Å². The summed E-state index contributed by atoms with van der Waals surface area (Å²) in [5.41, 5.74) is 1.38. The topological polar surface area (TPSA) is 0 Å². The zero-order chi connectivity index (χ0) is 20.0. The largest absolute Gasteiger partial charge is 0.0654 e. The van der Waals surface area contributed by atoms with Crippen molar-refractivity contribution in [2.75, 3.05) is 0 Å². The fourth-order valence-electron chi connectivity index (χ4n) is 4.16. The van der Waals surface area contributed by atoms with E-state index < -0.39 is 0 Å². The van der Waals surface area contributed by atoms with Crippen LogP contribution in [0.5, 0.6) is 0 Å². The zero-order valence-electron chi connectivity index (χ0n) is 19.2. The normalized spacial score (nSPS) is 11.2. The van der Waals surface area contributed by atoms with Crippen molar-refractivity contribution in [2.45, 2.75) is 142 Å². The highest BCUT2D eigenvalue weighted by molar-refractivity contribution is 5.12. The second-order valence-corrected chi connectivity index (χ2v) is 8.86. The van der Waals surface area contributed by atoms with Gasteiger partial charge in [0.2, 0.25) is 0 Å². The minimum absolute atomic E-state index is 1.21. The Kier molecular flexibility index (Phi) is 18.9. The van der Waals surface area contributed by atoms with Crippen LogP contribution in [0.15, 0.2) is 24.3 Å². The maximum atomic E-state index is 3.33. The molecule has 1 rings (SSSR count). The minimum atomic E-state index is 1.21. The van der Waals surface area contributed by atoms with Gasteiger partial charge in [-0.25, -0.2) is 0 Å². The Morgan fingerprint density at radius 3 is 1.25 bits per heavy atom. The van der Waals surface area contributed by atoms with E-state index in [2.05, 4.69) is 31.2 Å². The molecule has 0 saturated heterocycles. The van der Waals surface area contributed by atoms with Gasteiger partial charge in [0.05, 0.1) is 0 Å². The van der Waals surface area contributed by atoms with Crippen molar-refractivity contribution in [3.05, 3.63) is 35.9 Å². The highest BCUT2D eigenvalue weighted by Gasteiger charge is 1.96. The third-order valence-electron chi connectivity index (χ3n) is 6.07. The van der Waals surface area contributed by atoms with Crippen molar-refractivity contribution < 1.29 is 0 Å². The van der Waals surface area contributed by atoms with Gasteiger partial charge in [0.15, 0.2) is 0 Å². The maximum Gasteiger partial charge on any atom is -0.0149 e. The molecule has 28 heavy (non-hydrogen) atoms. The van der Waals surface area contributed by atoms with Gasteiger partial charge < -0.3 is 0 Å². The van der Waals surface area contributed by atoms with Crippen molar-refractivity contribution in [3.8, 4) is 0 Å². The molecule has 0 nitrogen and oxygen atoms in total. The SMILES string of the molecule is CCCCCCCCCCCCCCCCCCCCCCc1[c]cccc1. The summed E-state index contributed by atoms with van der Waals surface area (Å²) in [7, 11) is 0. The van der Waals surface area contributed by atoms with Gasteiger partial charge in [0.25, 0.3) is 0 Å². The highest BCUT2D eigenvalue weighted by Crippen LogP contribution is 2.15. The van der Waals surface area contributed by atoms with Crippen LogP contribution in [-0.2, 0) is 6.42 Å². The van der Waals surface area contributed by atoms with Gasteiger partial charge in [-0.1, -0.05) is 153 Å². The maximum absolute atomic E-state index is 3.33. The lowest BCUT2D eigenvalue weighted by atomic mass is 10.0. The van der Waals surface area contributed by atoms with Crippen LogP contribution >= 0.6 is 0 Å². The van der Waals surface area contributed by atoms with Gasteiger partial charge in [-0.3, -0.25) is 0 Å². The van der Waals surface area contributed by atoms with Crippen molar-refractivity contribution >= 4 is 0 Å². The molecule has 0 heteroatoms. The standard InChI is InChI=1S/C28H49/c1-2-3-4-5-6-7-8-9-10-11-12-13-14-15-16-17-18-19-20-22-25-28-26-23-21-24-27-28/h21,23-24,26H,2-20,22,25H2,1H3. The van der Waals surface area contributed by atoms with Gasteiger partial charge in [0.1, 0.15) is 0 Å². The number of unbranched alkanes of at least 4 members (excludes halogenated alkanes) is 19. The van der Waals surface area contributed by atoms with Gasteiger partial charge in [-0.2, -0.15) is 0 Å². The van der Waals surface area contributed by atoms with Crippen LogP contribution < -0.4 is 0 Å². The third-order valence-corrected chi connectivity index (χ3v) is 6.07. The van der Waals surface area contributed by atoms with Gasteiger partial charge in [-0.05, 0) is 24.5 Å². The van der Waals surface area contributed by atoms with Crippen LogP contribution in [0.3, 0.4) is 0 Å². The van der Waals surface area contributed by atoms with Gasteiger partial charge in [-0.15, -0.1) is 0 Å². The molecule has 0 aliphatic rings. The lowest BCUT2D eigenvalue weighted by molar-refractivity contribution is 0.521. The summed E-state index contributed by atoms with van der Waals surface area (Å²) < 4.78 is 0. The summed E-state index contributed by atoms with van der Waals surface area (Å²) in [6.45, 7) is 2.30. The lowest BCUT2D eigenvalue weighted by Gasteiger charge is -2.04. The Hall–Kier alpha value is -0.780. The van der Waals surface area contributed by atoms with Crippen molar-refractivity contribution in [1.82, 2.24) is 0 Å². The molecule has 0 fully saturated rings. The molecular weight excluding hydrogens is 336 g/mol. The van der Waals surface area contributed by atoms with E-state index in [0.29, 0.717) is 0 Å². The quantitative estimate of drug-likeness (QED) is 0.185. The van der Waals surface area contributed by atoms with Crippen LogP contribution in [0.25, 0.3) is 0 Å². The first kappa shape index (κ1) is 25.3. The van der Waals surface area contributed by atoms with E-state index in [0.717, 1.165) is 0 Å². The summed E-state index contributed by atoms with van der Waals surface area (Å²) in [5, 5.41) is 0. The molecule has 1 radical (unpaired) electrons. The van der Waals surface area contributed by atoms with Crippen LogP contribution in [0.1, 0.15) is 141 Å². The first-order valence-corrected chi connectivity index (χ1v) is 12.9. The molecule has 161 valence electrons. The van der Waals surface area contributed by atoms with Gasteiger partial charge >= 0.3 is 0 Å². The second kappa shape index (κ2) is 20.9. The minimum Gasteiger partial charge on any atom is -0.0654 e. The smallest absolute Gasteiger partial charge is 0.0149 e.